The predicted molar refractivity (Wildman–Crippen MR) is 125 cm³/mol. The Hall–Kier alpha value is -3.58. The van der Waals surface area contributed by atoms with Gasteiger partial charge >= 0.3 is 0 Å². The summed E-state index contributed by atoms with van der Waals surface area (Å²) in [5.41, 5.74) is 2.41. The minimum Gasteiger partial charge on any atom is -0.492 e. The predicted octanol–water partition coefficient (Wildman–Crippen LogP) is 5.45. The van der Waals surface area contributed by atoms with Gasteiger partial charge < -0.3 is 20.1 Å². The average molecular weight is 437 g/mol. The Balaban J connectivity index is 1.86. The summed E-state index contributed by atoms with van der Waals surface area (Å²) in [4.78, 5) is 25.0. The highest BCUT2D eigenvalue weighted by atomic mass is 32.1. The standard InChI is InChI=1S/C24H24N2O4S/c1-3-29-21-15-20(26-24(28)18-8-6-5-7-9-18)22(30-4-2)14-19(21)25-23(27)11-10-17-12-13-31-16-17/h5-16H,3-4H2,1-2H3,(H,25,27)(H,26,28)/b11-10+. The normalized spacial score (nSPS) is 10.6. The van der Waals surface area contributed by atoms with Crippen molar-refractivity contribution in [2.75, 3.05) is 23.8 Å². The van der Waals surface area contributed by atoms with Crippen LogP contribution < -0.4 is 20.1 Å². The van der Waals surface area contributed by atoms with E-state index in [1.165, 1.54) is 6.08 Å². The Kier molecular flexibility index (Phi) is 7.84. The van der Waals surface area contributed by atoms with Crippen LogP contribution in [0.5, 0.6) is 11.5 Å². The molecule has 2 amide bonds. The molecule has 0 saturated carbocycles. The van der Waals surface area contributed by atoms with E-state index in [0.29, 0.717) is 41.7 Å². The van der Waals surface area contributed by atoms with Crippen molar-refractivity contribution in [1.29, 1.82) is 0 Å². The van der Waals surface area contributed by atoms with Crippen LogP contribution in [0.2, 0.25) is 0 Å². The number of rotatable bonds is 9. The van der Waals surface area contributed by atoms with Gasteiger partial charge in [0.1, 0.15) is 11.5 Å². The molecule has 2 N–H and O–H groups in total. The van der Waals surface area contributed by atoms with Gasteiger partial charge in [0.05, 0.1) is 24.6 Å². The summed E-state index contributed by atoms with van der Waals surface area (Å²) in [6.45, 7) is 4.49. The van der Waals surface area contributed by atoms with Crippen LogP contribution in [0.1, 0.15) is 29.8 Å². The van der Waals surface area contributed by atoms with Gasteiger partial charge in [0.2, 0.25) is 5.91 Å². The van der Waals surface area contributed by atoms with Gasteiger partial charge in [-0.2, -0.15) is 11.3 Å². The Labute approximate surface area is 185 Å². The molecule has 0 spiro atoms. The highest BCUT2D eigenvalue weighted by molar-refractivity contribution is 7.08. The fourth-order valence-electron chi connectivity index (χ4n) is 2.81. The Bertz CT molecular complexity index is 1050. The summed E-state index contributed by atoms with van der Waals surface area (Å²) in [5, 5.41) is 9.59. The lowest BCUT2D eigenvalue weighted by molar-refractivity contribution is -0.111. The SMILES string of the molecule is CCOc1cc(NC(=O)c2ccccc2)c(OCC)cc1NC(=O)/C=C/c1ccsc1. The highest BCUT2D eigenvalue weighted by Crippen LogP contribution is 2.37. The number of benzene rings is 2. The first-order valence-corrected chi connectivity index (χ1v) is 10.9. The monoisotopic (exact) mass is 436 g/mol. The average Bonchev–Trinajstić information content (AvgIpc) is 3.30. The van der Waals surface area contributed by atoms with E-state index in [2.05, 4.69) is 10.6 Å². The second-order valence-electron chi connectivity index (χ2n) is 6.41. The van der Waals surface area contributed by atoms with Gasteiger partial charge in [-0.3, -0.25) is 9.59 Å². The molecule has 6 nitrogen and oxygen atoms in total. The van der Waals surface area contributed by atoms with E-state index in [0.717, 1.165) is 5.56 Å². The fraction of sp³-hybridized carbons (Fsp3) is 0.167. The molecular weight excluding hydrogens is 412 g/mol. The van der Waals surface area contributed by atoms with Crippen LogP contribution in [-0.2, 0) is 4.79 Å². The molecule has 2 aromatic carbocycles. The maximum absolute atomic E-state index is 12.6. The Morgan fingerprint density at radius 1 is 0.935 bits per heavy atom. The molecule has 0 radical (unpaired) electrons. The molecule has 1 aromatic heterocycles. The largest absolute Gasteiger partial charge is 0.492 e. The van der Waals surface area contributed by atoms with Crippen molar-refractivity contribution < 1.29 is 19.1 Å². The number of ether oxygens (including phenoxy) is 2. The summed E-state index contributed by atoms with van der Waals surface area (Å²) in [5.74, 6) is 0.314. The highest BCUT2D eigenvalue weighted by Gasteiger charge is 2.16. The molecule has 0 bridgehead atoms. The number of hydrogen-bond donors (Lipinski definition) is 2. The second-order valence-corrected chi connectivity index (χ2v) is 7.19. The second kappa shape index (κ2) is 11.0. The molecule has 0 aliphatic rings. The van der Waals surface area contributed by atoms with Crippen LogP contribution in [0, 0.1) is 0 Å². The van der Waals surface area contributed by atoms with Crippen molar-refractivity contribution in [1.82, 2.24) is 0 Å². The van der Waals surface area contributed by atoms with Crippen LogP contribution in [-0.4, -0.2) is 25.0 Å². The zero-order valence-electron chi connectivity index (χ0n) is 17.4. The molecule has 160 valence electrons. The minimum absolute atomic E-state index is 0.264. The van der Waals surface area contributed by atoms with Gasteiger partial charge in [-0.05, 0) is 54.4 Å². The van der Waals surface area contributed by atoms with Gasteiger partial charge in [-0.25, -0.2) is 0 Å². The number of carbonyl (C=O) groups excluding carboxylic acids is 2. The van der Waals surface area contributed by atoms with E-state index in [4.69, 9.17) is 9.47 Å². The topological polar surface area (TPSA) is 76.7 Å². The lowest BCUT2D eigenvalue weighted by Gasteiger charge is -2.17. The van der Waals surface area contributed by atoms with Crippen LogP contribution in [0.3, 0.4) is 0 Å². The van der Waals surface area contributed by atoms with E-state index in [1.54, 1.807) is 53.8 Å². The summed E-state index contributed by atoms with van der Waals surface area (Å²) in [6.07, 6.45) is 3.20. The van der Waals surface area contributed by atoms with Crippen molar-refractivity contribution in [3.8, 4) is 11.5 Å². The number of hydrogen-bond acceptors (Lipinski definition) is 5. The van der Waals surface area contributed by atoms with Crippen LogP contribution in [0.4, 0.5) is 11.4 Å². The summed E-state index contributed by atoms with van der Waals surface area (Å²) in [7, 11) is 0. The molecule has 0 aliphatic carbocycles. The van der Waals surface area contributed by atoms with Crippen molar-refractivity contribution in [2.24, 2.45) is 0 Å². The molecule has 1 heterocycles. The van der Waals surface area contributed by atoms with E-state index in [-0.39, 0.29) is 11.8 Å². The number of anilines is 2. The molecular formula is C24H24N2O4S. The Morgan fingerprint density at radius 2 is 1.58 bits per heavy atom. The first kappa shape index (κ1) is 22.1. The Morgan fingerprint density at radius 3 is 2.16 bits per heavy atom. The summed E-state index contributed by atoms with van der Waals surface area (Å²) in [6, 6.07) is 14.1. The summed E-state index contributed by atoms with van der Waals surface area (Å²) < 4.78 is 11.4. The molecule has 3 aromatic rings. The fourth-order valence-corrected chi connectivity index (χ4v) is 3.43. The molecule has 0 unspecified atom stereocenters. The van der Waals surface area contributed by atoms with E-state index in [1.807, 2.05) is 36.7 Å². The van der Waals surface area contributed by atoms with Gasteiger partial charge in [-0.15, -0.1) is 0 Å². The number of nitrogens with one attached hydrogen (secondary N) is 2. The lowest BCUT2D eigenvalue weighted by atomic mass is 10.2. The molecule has 7 heteroatoms. The third kappa shape index (κ3) is 6.20. The molecule has 31 heavy (non-hydrogen) atoms. The van der Waals surface area contributed by atoms with Gasteiger partial charge in [-0.1, -0.05) is 18.2 Å². The maximum atomic E-state index is 12.6. The van der Waals surface area contributed by atoms with E-state index >= 15 is 0 Å². The number of thiophene rings is 1. The van der Waals surface area contributed by atoms with Crippen molar-refractivity contribution >= 4 is 40.6 Å². The first-order valence-electron chi connectivity index (χ1n) is 9.92. The van der Waals surface area contributed by atoms with E-state index < -0.39 is 0 Å². The first-order chi connectivity index (χ1) is 15.1. The van der Waals surface area contributed by atoms with Crippen molar-refractivity contribution in [3.05, 3.63) is 76.5 Å². The van der Waals surface area contributed by atoms with Gasteiger partial charge in [0.15, 0.2) is 0 Å². The van der Waals surface area contributed by atoms with Crippen molar-refractivity contribution in [2.45, 2.75) is 13.8 Å². The molecule has 3 rings (SSSR count). The molecule has 0 aliphatic heterocycles. The molecule has 0 atom stereocenters. The number of amides is 2. The number of carbonyl (C=O) groups is 2. The third-order valence-electron chi connectivity index (χ3n) is 4.19. The minimum atomic E-state index is -0.296. The lowest BCUT2D eigenvalue weighted by Crippen LogP contribution is -2.14. The smallest absolute Gasteiger partial charge is 0.255 e. The molecule has 0 saturated heterocycles. The van der Waals surface area contributed by atoms with E-state index in [9.17, 15) is 9.59 Å². The van der Waals surface area contributed by atoms with Crippen LogP contribution in [0.25, 0.3) is 6.08 Å². The van der Waals surface area contributed by atoms with Crippen LogP contribution in [0.15, 0.2) is 65.4 Å². The van der Waals surface area contributed by atoms with Crippen LogP contribution >= 0.6 is 11.3 Å². The van der Waals surface area contributed by atoms with Crippen molar-refractivity contribution in [3.63, 3.8) is 0 Å². The molecule has 0 fully saturated rings. The maximum Gasteiger partial charge on any atom is 0.255 e. The van der Waals surface area contributed by atoms with Gasteiger partial charge in [0.25, 0.3) is 5.91 Å². The van der Waals surface area contributed by atoms with Gasteiger partial charge in [0, 0.05) is 23.8 Å². The summed E-state index contributed by atoms with van der Waals surface area (Å²) >= 11 is 1.56. The zero-order valence-corrected chi connectivity index (χ0v) is 18.2. The quantitative estimate of drug-likeness (QED) is 0.437. The zero-order chi connectivity index (χ0) is 22.1. The third-order valence-corrected chi connectivity index (χ3v) is 4.90.